The number of nitro benzene ring substituents is 2. The highest BCUT2D eigenvalue weighted by Gasteiger charge is 2.22. The molecule has 24 heavy (non-hydrogen) atoms. The van der Waals surface area contributed by atoms with E-state index in [1.807, 2.05) is 0 Å². The summed E-state index contributed by atoms with van der Waals surface area (Å²) in [6.07, 6.45) is 0. The Morgan fingerprint density at radius 1 is 0.917 bits per heavy atom. The maximum atomic E-state index is 12.6. The summed E-state index contributed by atoms with van der Waals surface area (Å²) in [5.74, 6) is 0.00300. The fourth-order valence-corrected chi connectivity index (χ4v) is 2.08. The van der Waals surface area contributed by atoms with Gasteiger partial charge in [0.05, 0.1) is 35.7 Å². The Bertz CT molecular complexity index is 800. The highest BCUT2D eigenvalue weighted by molar-refractivity contribution is 6.11. The van der Waals surface area contributed by atoms with Crippen LogP contribution in [0.5, 0.6) is 11.5 Å². The zero-order valence-electron chi connectivity index (χ0n) is 12.7. The number of carbonyl (C=O) groups is 1. The normalized spacial score (nSPS) is 10.1. The largest absolute Gasteiger partial charge is 0.497 e. The molecule has 9 nitrogen and oxygen atoms in total. The van der Waals surface area contributed by atoms with Crippen LogP contribution in [0.15, 0.2) is 36.4 Å². The molecule has 2 rings (SSSR count). The first-order valence-electron chi connectivity index (χ1n) is 6.58. The van der Waals surface area contributed by atoms with Gasteiger partial charge in [0, 0.05) is 23.8 Å². The number of hydrogen-bond donors (Lipinski definition) is 0. The van der Waals surface area contributed by atoms with Crippen LogP contribution in [-0.4, -0.2) is 29.8 Å². The standard InChI is InChI=1S/C15H12N2O7/c1-23-12-3-4-13(14(8-12)24-2)15(18)9-5-10(16(19)20)7-11(6-9)17(21)22/h3-8H,1-2H3. The fourth-order valence-electron chi connectivity index (χ4n) is 2.08. The van der Waals surface area contributed by atoms with Crippen LogP contribution in [0.3, 0.4) is 0 Å². The average Bonchev–Trinajstić information content (AvgIpc) is 2.59. The monoisotopic (exact) mass is 332 g/mol. The van der Waals surface area contributed by atoms with Crippen molar-refractivity contribution in [2.24, 2.45) is 0 Å². The Kier molecular flexibility index (Phi) is 4.73. The minimum atomic E-state index is -0.797. The van der Waals surface area contributed by atoms with Gasteiger partial charge in [-0.25, -0.2) is 0 Å². The summed E-state index contributed by atoms with van der Waals surface area (Å²) in [5, 5.41) is 21.8. The molecular formula is C15H12N2O7. The Hall–Kier alpha value is -3.49. The molecule has 0 spiro atoms. The molecule has 124 valence electrons. The number of ketones is 1. The van der Waals surface area contributed by atoms with Gasteiger partial charge in [0.1, 0.15) is 11.5 Å². The molecule has 0 aromatic heterocycles. The molecule has 9 heteroatoms. The summed E-state index contributed by atoms with van der Waals surface area (Å²) in [4.78, 5) is 32.9. The van der Waals surface area contributed by atoms with Crippen molar-refractivity contribution in [3.8, 4) is 11.5 Å². The predicted octanol–water partition coefficient (Wildman–Crippen LogP) is 2.75. The summed E-state index contributed by atoms with van der Waals surface area (Å²) >= 11 is 0. The molecule has 0 fully saturated rings. The van der Waals surface area contributed by atoms with Gasteiger partial charge in [-0.05, 0) is 12.1 Å². The van der Waals surface area contributed by atoms with Crippen LogP contribution in [0.4, 0.5) is 11.4 Å². The lowest BCUT2D eigenvalue weighted by molar-refractivity contribution is -0.394. The van der Waals surface area contributed by atoms with E-state index in [0.29, 0.717) is 5.75 Å². The number of nitrogens with zero attached hydrogens (tertiary/aromatic N) is 2. The van der Waals surface area contributed by atoms with Crippen molar-refractivity contribution in [1.82, 2.24) is 0 Å². The number of rotatable bonds is 6. The van der Waals surface area contributed by atoms with E-state index in [2.05, 4.69) is 0 Å². The lowest BCUT2D eigenvalue weighted by atomic mass is 10.0. The van der Waals surface area contributed by atoms with E-state index in [4.69, 9.17) is 9.47 Å². The van der Waals surface area contributed by atoms with E-state index in [0.717, 1.165) is 18.2 Å². The zero-order valence-corrected chi connectivity index (χ0v) is 12.7. The maximum Gasteiger partial charge on any atom is 0.277 e. The third kappa shape index (κ3) is 3.29. The number of benzene rings is 2. The van der Waals surface area contributed by atoms with Crippen molar-refractivity contribution in [1.29, 1.82) is 0 Å². The van der Waals surface area contributed by atoms with Gasteiger partial charge < -0.3 is 9.47 Å². The van der Waals surface area contributed by atoms with Gasteiger partial charge in [0.15, 0.2) is 5.78 Å². The van der Waals surface area contributed by atoms with Crippen molar-refractivity contribution < 1.29 is 24.1 Å². The molecule has 2 aromatic carbocycles. The van der Waals surface area contributed by atoms with Gasteiger partial charge in [-0.15, -0.1) is 0 Å². The SMILES string of the molecule is COc1ccc(C(=O)c2cc([N+](=O)[O-])cc([N+](=O)[O-])c2)c(OC)c1. The van der Waals surface area contributed by atoms with Crippen molar-refractivity contribution >= 4 is 17.2 Å². The van der Waals surface area contributed by atoms with Gasteiger partial charge in [-0.2, -0.15) is 0 Å². The molecule has 0 radical (unpaired) electrons. The summed E-state index contributed by atoms with van der Waals surface area (Å²) in [6, 6.07) is 7.17. The average molecular weight is 332 g/mol. The van der Waals surface area contributed by atoms with Crippen LogP contribution in [0.25, 0.3) is 0 Å². The molecule has 0 saturated carbocycles. The van der Waals surface area contributed by atoms with E-state index in [-0.39, 0.29) is 16.9 Å². The van der Waals surface area contributed by atoms with Gasteiger partial charge in [-0.1, -0.05) is 0 Å². The minimum absolute atomic E-state index is 0.105. The molecule has 0 saturated heterocycles. The fraction of sp³-hybridized carbons (Fsp3) is 0.133. The summed E-state index contributed by atoms with van der Waals surface area (Å²) in [7, 11) is 2.79. The minimum Gasteiger partial charge on any atom is -0.497 e. The van der Waals surface area contributed by atoms with E-state index >= 15 is 0 Å². The molecule has 2 aromatic rings. The molecule has 0 amide bonds. The number of non-ortho nitro benzene ring substituents is 2. The smallest absolute Gasteiger partial charge is 0.277 e. The quantitative estimate of drug-likeness (QED) is 0.453. The third-order valence-electron chi connectivity index (χ3n) is 3.24. The summed E-state index contributed by atoms with van der Waals surface area (Å²) < 4.78 is 10.1. The number of methoxy groups -OCH3 is 2. The van der Waals surface area contributed by atoms with Crippen LogP contribution >= 0.6 is 0 Å². The van der Waals surface area contributed by atoms with Gasteiger partial charge in [0.2, 0.25) is 0 Å². The number of ether oxygens (including phenoxy) is 2. The Morgan fingerprint density at radius 2 is 1.50 bits per heavy atom. The van der Waals surface area contributed by atoms with Gasteiger partial charge in [0.25, 0.3) is 11.4 Å². The van der Waals surface area contributed by atoms with Crippen molar-refractivity contribution in [3.05, 3.63) is 67.8 Å². The van der Waals surface area contributed by atoms with Crippen LogP contribution in [0, 0.1) is 20.2 Å². The molecular weight excluding hydrogens is 320 g/mol. The first-order chi connectivity index (χ1) is 11.4. The topological polar surface area (TPSA) is 122 Å². The van der Waals surface area contributed by atoms with E-state index in [1.54, 1.807) is 0 Å². The molecule has 0 N–H and O–H groups in total. The second kappa shape index (κ2) is 6.73. The molecule has 0 aliphatic heterocycles. The van der Waals surface area contributed by atoms with Crippen LogP contribution < -0.4 is 9.47 Å². The highest BCUT2D eigenvalue weighted by Crippen LogP contribution is 2.29. The maximum absolute atomic E-state index is 12.6. The Labute approximate surface area is 135 Å². The molecule has 0 aliphatic carbocycles. The summed E-state index contributed by atoms with van der Waals surface area (Å²) in [6.45, 7) is 0. The lowest BCUT2D eigenvalue weighted by Crippen LogP contribution is -2.06. The molecule has 0 atom stereocenters. The molecule has 0 bridgehead atoms. The molecule has 0 heterocycles. The van der Waals surface area contributed by atoms with E-state index in [9.17, 15) is 25.0 Å². The van der Waals surface area contributed by atoms with Gasteiger partial charge >= 0.3 is 0 Å². The Morgan fingerprint density at radius 3 is 1.96 bits per heavy atom. The third-order valence-corrected chi connectivity index (χ3v) is 3.24. The van der Waals surface area contributed by atoms with Crippen molar-refractivity contribution in [2.75, 3.05) is 14.2 Å². The number of nitro groups is 2. The summed E-state index contributed by atoms with van der Waals surface area (Å²) in [5.41, 5.74) is -1.16. The predicted molar refractivity (Wildman–Crippen MR) is 82.7 cm³/mol. The molecule has 0 aliphatic rings. The Balaban J connectivity index is 2.57. The van der Waals surface area contributed by atoms with E-state index < -0.39 is 27.0 Å². The van der Waals surface area contributed by atoms with Crippen LogP contribution in [0.2, 0.25) is 0 Å². The first-order valence-corrected chi connectivity index (χ1v) is 6.58. The zero-order chi connectivity index (χ0) is 17.9. The highest BCUT2D eigenvalue weighted by atomic mass is 16.6. The van der Waals surface area contributed by atoms with Gasteiger partial charge in [-0.3, -0.25) is 25.0 Å². The number of hydrogen-bond acceptors (Lipinski definition) is 7. The molecule has 0 unspecified atom stereocenters. The van der Waals surface area contributed by atoms with Crippen LogP contribution in [0.1, 0.15) is 15.9 Å². The number of carbonyl (C=O) groups excluding carboxylic acids is 1. The second-order valence-corrected chi connectivity index (χ2v) is 4.65. The van der Waals surface area contributed by atoms with Crippen molar-refractivity contribution in [2.45, 2.75) is 0 Å². The first kappa shape index (κ1) is 16.9. The lowest BCUT2D eigenvalue weighted by Gasteiger charge is -2.09. The van der Waals surface area contributed by atoms with Crippen LogP contribution in [-0.2, 0) is 0 Å². The second-order valence-electron chi connectivity index (χ2n) is 4.65. The van der Waals surface area contributed by atoms with E-state index in [1.165, 1.54) is 32.4 Å². The van der Waals surface area contributed by atoms with Crippen molar-refractivity contribution in [3.63, 3.8) is 0 Å².